The molecular weight excluding hydrogens is 228 g/mol. The molecule has 18 heavy (non-hydrogen) atoms. The van der Waals surface area contributed by atoms with Crippen LogP contribution in [0.3, 0.4) is 0 Å². The molecule has 0 atom stereocenters. The maximum absolute atomic E-state index is 10.8. The molecule has 0 saturated heterocycles. The van der Waals surface area contributed by atoms with Crippen LogP contribution in [-0.4, -0.2) is 11.8 Å². The summed E-state index contributed by atoms with van der Waals surface area (Å²) in [6.07, 6.45) is 5.84. The molecule has 0 heterocycles. The number of hydrogen-bond acceptors (Lipinski definition) is 2. The fourth-order valence-electron chi connectivity index (χ4n) is 1.56. The Balaban J connectivity index is 3.29. The second-order valence-corrected chi connectivity index (χ2v) is 3.98. The van der Waals surface area contributed by atoms with E-state index in [0.717, 1.165) is 22.3 Å². The lowest BCUT2D eigenvalue weighted by Gasteiger charge is -2.08. The van der Waals surface area contributed by atoms with Gasteiger partial charge in [-0.05, 0) is 48.3 Å². The predicted molar refractivity (Wildman–Crippen MR) is 72.4 cm³/mol. The summed E-state index contributed by atoms with van der Waals surface area (Å²) in [5.41, 5.74) is 13.9. The van der Waals surface area contributed by atoms with E-state index in [0.29, 0.717) is 0 Å². The fraction of sp³-hybridized carbons (Fsp3) is 0.143. The zero-order valence-corrected chi connectivity index (χ0v) is 10.4. The van der Waals surface area contributed by atoms with Crippen LogP contribution in [0, 0.1) is 13.8 Å². The monoisotopic (exact) mass is 244 g/mol. The van der Waals surface area contributed by atoms with E-state index < -0.39 is 11.8 Å². The Hall–Kier alpha value is -2.36. The lowest BCUT2D eigenvalue weighted by Crippen LogP contribution is -2.06. The van der Waals surface area contributed by atoms with Gasteiger partial charge >= 0.3 is 0 Å². The average Bonchev–Trinajstić information content (AvgIpc) is 2.29. The van der Waals surface area contributed by atoms with Crippen molar-refractivity contribution in [2.45, 2.75) is 13.8 Å². The zero-order chi connectivity index (χ0) is 13.7. The normalized spacial score (nSPS) is 11.2. The molecule has 2 amide bonds. The Kier molecular flexibility index (Phi) is 4.43. The maximum atomic E-state index is 10.8. The van der Waals surface area contributed by atoms with Crippen molar-refractivity contribution in [2.24, 2.45) is 11.5 Å². The van der Waals surface area contributed by atoms with Gasteiger partial charge in [0.05, 0.1) is 0 Å². The first-order valence-corrected chi connectivity index (χ1v) is 5.47. The number of primary amides is 2. The molecule has 1 rings (SSSR count). The van der Waals surface area contributed by atoms with Gasteiger partial charge in [0, 0.05) is 12.2 Å². The van der Waals surface area contributed by atoms with Crippen molar-refractivity contribution in [2.75, 3.05) is 0 Å². The van der Waals surface area contributed by atoms with Gasteiger partial charge in [0.2, 0.25) is 11.8 Å². The first-order chi connectivity index (χ1) is 8.41. The summed E-state index contributed by atoms with van der Waals surface area (Å²) < 4.78 is 0. The molecule has 0 aliphatic carbocycles. The van der Waals surface area contributed by atoms with Crippen molar-refractivity contribution >= 4 is 24.0 Å². The summed E-state index contributed by atoms with van der Waals surface area (Å²) in [4.78, 5) is 21.5. The summed E-state index contributed by atoms with van der Waals surface area (Å²) in [5, 5.41) is 0. The number of aryl methyl sites for hydroxylation is 1. The molecule has 0 spiro atoms. The van der Waals surface area contributed by atoms with Crippen LogP contribution in [0.1, 0.15) is 22.3 Å². The van der Waals surface area contributed by atoms with Crippen LogP contribution >= 0.6 is 0 Å². The summed E-state index contributed by atoms with van der Waals surface area (Å²) in [7, 11) is 0. The van der Waals surface area contributed by atoms with Crippen molar-refractivity contribution in [3.8, 4) is 0 Å². The second kappa shape index (κ2) is 5.82. The van der Waals surface area contributed by atoms with Crippen LogP contribution in [0.2, 0.25) is 0 Å². The molecular formula is C14H16N2O2. The largest absolute Gasteiger partial charge is 0.366 e. The predicted octanol–water partition coefficient (Wildman–Crippen LogP) is 1.30. The molecule has 94 valence electrons. The highest BCUT2D eigenvalue weighted by Gasteiger charge is 2.03. The first kappa shape index (κ1) is 13.7. The number of rotatable bonds is 4. The number of amides is 2. The molecule has 1 aromatic rings. The molecule has 0 fully saturated rings. The molecule has 0 bridgehead atoms. The van der Waals surface area contributed by atoms with E-state index in [1.54, 1.807) is 12.2 Å². The van der Waals surface area contributed by atoms with Gasteiger partial charge in [-0.2, -0.15) is 0 Å². The Morgan fingerprint density at radius 2 is 1.56 bits per heavy atom. The Bertz CT molecular complexity index is 543. The van der Waals surface area contributed by atoms with Crippen LogP contribution in [0.15, 0.2) is 24.3 Å². The molecule has 0 saturated carbocycles. The highest BCUT2D eigenvalue weighted by atomic mass is 16.1. The van der Waals surface area contributed by atoms with Crippen molar-refractivity contribution in [1.29, 1.82) is 0 Å². The van der Waals surface area contributed by atoms with E-state index in [4.69, 9.17) is 11.5 Å². The SMILES string of the molecule is Cc1ccc(C=CC(N)=O)c(C=CC(N)=O)c1C. The smallest absolute Gasteiger partial charge is 0.241 e. The number of hydrogen-bond donors (Lipinski definition) is 2. The van der Waals surface area contributed by atoms with Gasteiger partial charge in [-0.25, -0.2) is 0 Å². The van der Waals surface area contributed by atoms with Crippen molar-refractivity contribution < 1.29 is 9.59 Å². The minimum Gasteiger partial charge on any atom is -0.366 e. The van der Waals surface area contributed by atoms with E-state index in [9.17, 15) is 9.59 Å². The Morgan fingerprint density at radius 1 is 1.00 bits per heavy atom. The molecule has 4 heteroatoms. The number of benzene rings is 1. The topological polar surface area (TPSA) is 86.2 Å². The third kappa shape index (κ3) is 3.59. The molecule has 0 aliphatic rings. The first-order valence-electron chi connectivity index (χ1n) is 5.47. The summed E-state index contributed by atoms with van der Waals surface area (Å²) >= 11 is 0. The Labute approximate surface area is 106 Å². The van der Waals surface area contributed by atoms with Crippen LogP contribution in [-0.2, 0) is 9.59 Å². The van der Waals surface area contributed by atoms with E-state index in [1.807, 2.05) is 26.0 Å². The quantitative estimate of drug-likeness (QED) is 0.782. The molecule has 0 unspecified atom stereocenters. The summed E-state index contributed by atoms with van der Waals surface area (Å²) in [5.74, 6) is -1.03. The van der Waals surface area contributed by atoms with Crippen molar-refractivity contribution in [3.05, 3.63) is 46.5 Å². The average molecular weight is 244 g/mol. The molecule has 0 aliphatic heterocycles. The molecule has 4 nitrogen and oxygen atoms in total. The Morgan fingerprint density at radius 3 is 2.11 bits per heavy atom. The highest BCUT2D eigenvalue weighted by molar-refractivity contribution is 5.93. The third-order valence-electron chi connectivity index (χ3n) is 2.66. The minimum absolute atomic E-state index is 0.513. The molecule has 1 aromatic carbocycles. The van der Waals surface area contributed by atoms with Gasteiger partial charge in [0.15, 0.2) is 0 Å². The maximum Gasteiger partial charge on any atom is 0.241 e. The van der Waals surface area contributed by atoms with E-state index >= 15 is 0 Å². The van der Waals surface area contributed by atoms with Crippen LogP contribution in [0.4, 0.5) is 0 Å². The minimum atomic E-state index is -0.516. The van der Waals surface area contributed by atoms with Crippen molar-refractivity contribution in [1.82, 2.24) is 0 Å². The summed E-state index contributed by atoms with van der Waals surface area (Å²) in [6.45, 7) is 3.91. The number of carbonyl (C=O) groups excluding carboxylic acids is 2. The van der Waals surface area contributed by atoms with Crippen molar-refractivity contribution in [3.63, 3.8) is 0 Å². The van der Waals surface area contributed by atoms with Gasteiger partial charge in [-0.3, -0.25) is 9.59 Å². The van der Waals surface area contributed by atoms with Crippen LogP contribution in [0.5, 0.6) is 0 Å². The van der Waals surface area contributed by atoms with Crippen LogP contribution in [0.25, 0.3) is 12.2 Å². The van der Waals surface area contributed by atoms with Gasteiger partial charge in [-0.1, -0.05) is 12.1 Å². The van der Waals surface area contributed by atoms with Gasteiger partial charge in [0.1, 0.15) is 0 Å². The van der Waals surface area contributed by atoms with Gasteiger partial charge in [-0.15, -0.1) is 0 Å². The second-order valence-electron chi connectivity index (χ2n) is 3.98. The molecule has 0 radical (unpaired) electrons. The van der Waals surface area contributed by atoms with Crippen LogP contribution < -0.4 is 11.5 Å². The molecule has 0 aromatic heterocycles. The van der Waals surface area contributed by atoms with E-state index in [-0.39, 0.29) is 0 Å². The zero-order valence-electron chi connectivity index (χ0n) is 10.4. The summed E-state index contributed by atoms with van der Waals surface area (Å²) in [6, 6.07) is 3.81. The highest BCUT2D eigenvalue weighted by Crippen LogP contribution is 2.21. The number of carbonyl (C=O) groups is 2. The number of nitrogens with two attached hydrogens (primary N) is 2. The fourth-order valence-corrected chi connectivity index (χ4v) is 1.56. The van der Waals surface area contributed by atoms with E-state index in [2.05, 4.69) is 0 Å². The van der Waals surface area contributed by atoms with Gasteiger partial charge in [0.25, 0.3) is 0 Å². The third-order valence-corrected chi connectivity index (χ3v) is 2.66. The standard InChI is InChI=1S/C14H16N2O2/c1-9-3-4-11(5-7-13(15)17)12(10(9)2)6-8-14(16)18/h3-8H,1-2H3,(H2,15,17)(H2,16,18). The molecule has 4 N–H and O–H groups in total. The van der Waals surface area contributed by atoms with E-state index in [1.165, 1.54) is 12.2 Å². The lowest BCUT2D eigenvalue weighted by molar-refractivity contribution is -0.114. The van der Waals surface area contributed by atoms with Gasteiger partial charge < -0.3 is 11.5 Å². The lowest BCUT2D eigenvalue weighted by atomic mass is 9.97.